The molecule has 25 aromatic carbocycles. The van der Waals surface area contributed by atoms with Crippen LogP contribution in [0.1, 0.15) is 32.9 Å². The molecule has 0 bridgehead atoms. The number of benzene rings is 25. The van der Waals surface area contributed by atoms with Gasteiger partial charge in [0, 0.05) is 32.3 Å². The molecule has 0 amide bonds. The zero-order valence-corrected chi connectivity index (χ0v) is 70.6. The number of fused-ring (bicyclic) bond motifs is 20. The molecule has 0 aliphatic carbocycles. The maximum atomic E-state index is 9.37. The van der Waals surface area contributed by atoms with E-state index in [1.54, 1.807) is 18.2 Å². The molecule has 0 saturated carbocycles. The fourth-order valence-corrected chi connectivity index (χ4v) is 20.0. The molecule has 0 atom stereocenters. The Morgan fingerprint density at radius 3 is 0.835 bits per heavy atom. The lowest BCUT2D eigenvalue weighted by Crippen LogP contribution is -1.91. The van der Waals surface area contributed by atoms with Crippen molar-refractivity contribution in [1.82, 2.24) is 0 Å². The summed E-state index contributed by atoms with van der Waals surface area (Å²) in [7, 11) is 0. The maximum absolute atomic E-state index is 9.37. The predicted octanol–water partition coefficient (Wildman–Crippen LogP) is 37.3. The molecule has 28 aromatic rings. The summed E-state index contributed by atoms with van der Waals surface area (Å²) in [6.07, 6.45) is 0. The Labute approximate surface area is 800 Å². The van der Waals surface area contributed by atoms with E-state index in [9.17, 15) is 16.4 Å². The van der Waals surface area contributed by atoms with Gasteiger partial charge in [-0.25, -0.2) is 0 Å². The smallest absolute Gasteiger partial charge is 0.136 e. The van der Waals surface area contributed by atoms with E-state index in [2.05, 4.69) is 66.7 Å². The largest absolute Gasteiger partial charge is 0.456 e. The molecule has 0 spiro atoms. The first-order valence-corrected chi connectivity index (χ1v) is 43.8. The Balaban J connectivity index is 0.000000117. The van der Waals surface area contributed by atoms with Crippen molar-refractivity contribution in [2.75, 3.05) is 0 Å². The van der Waals surface area contributed by atoms with Gasteiger partial charge in [-0.2, -0.15) is 0 Å². The van der Waals surface area contributed by atoms with Crippen LogP contribution in [0.15, 0.2) is 498 Å². The second-order valence-electron chi connectivity index (χ2n) is 33.1. The van der Waals surface area contributed by atoms with Gasteiger partial charge in [0.15, 0.2) is 0 Å². The van der Waals surface area contributed by atoms with Crippen molar-refractivity contribution in [1.29, 1.82) is 0 Å². The Kier molecular flexibility index (Phi) is 13.4. The molecule has 28 rings (SSSR count). The van der Waals surface area contributed by atoms with E-state index in [1.807, 2.05) is 255 Å². The van der Waals surface area contributed by atoms with Crippen molar-refractivity contribution in [2.45, 2.75) is 0 Å². The second-order valence-corrected chi connectivity index (χ2v) is 33.1. The SMILES string of the molecule is [2H]c1c([2H])c([2H])c2c(-c3cccc4oc5ccccc5c34)c3c([2H])c([2H])c([2H])c([2H])c3c(-c3ccc(-c4ccc5ccc6ccccc6c5c4)cc3)c2c1[2H].[2H]c1c([2H])c([2H])c2c(-c3cccc4oc5ccccc5c34)c3c([2H])c([2H])c([2H])c([2H])c3c(-c3ccc(-c4cccc5ccccc45)cc3)c2c1[2H].[2H]c1c([2H])c([2H])c2c(-c3cccc4oc5ccccc5c34)c3c([2H])c([2H])c([2H])c([2H])c3c(-c3cccc(-c4ccc5ccccc5c4)c3)c2c1[2H]. The minimum Gasteiger partial charge on any atom is -0.456 e. The van der Waals surface area contributed by atoms with E-state index in [-0.39, 0.29) is 137 Å². The summed E-state index contributed by atoms with van der Waals surface area (Å²) in [5.74, 6) is 0. The van der Waals surface area contributed by atoms with E-state index in [4.69, 9.17) is 29.7 Å². The summed E-state index contributed by atoms with van der Waals surface area (Å²) in [6.45, 7) is 0. The molecule has 3 heteroatoms. The van der Waals surface area contributed by atoms with Crippen LogP contribution in [0.4, 0.5) is 0 Å². The van der Waals surface area contributed by atoms with Crippen molar-refractivity contribution < 1.29 is 46.1 Å². The lowest BCUT2D eigenvalue weighted by Gasteiger charge is -2.18. The Bertz CT molecular complexity index is 10900. The molecule has 618 valence electrons. The highest BCUT2D eigenvalue weighted by atomic mass is 16.3. The first kappa shape index (κ1) is 56.0. The maximum Gasteiger partial charge on any atom is 0.136 e. The average molecular weight is 1710 g/mol. The standard InChI is InChI=1S/C46H28O.2C42H26O/c1-2-11-34-30(10-1)22-23-31-24-27-33(28-41(31)34)29-20-25-32(26-21-29)44-35-12-3-5-14-37(35)45(38-15-6-4-13-36(38)44)40-17-9-19-43-46(40)39-16-7-8-18-42(39)47-43;1-2-13-30-27(11-1)12-9-19-31(30)28-23-25-29(26-24-28)40-32-14-3-5-16-34(32)41(35-17-6-4-15-33(35)40)37-20-10-22-39-42(37)36-18-7-8-21-38(36)43-39;1-2-12-28-25-30(24-23-27(28)11-1)29-13-9-14-31(26-29)40-32-15-3-5-17-34(32)41(35-18-6-4-16-33(35)40)37-20-10-22-39-42(37)36-19-7-8-21-38(36)43-39/h1-28H;2*1-26H/i3D,4D,5D,6D,12D,13D,14D,15D;3D,4D,5D,6D,14D,15D,16D,17D;3D,4D,5D,6D,15D,16D,17D,18D. The first-order chi connectivity index (χ1) is 76.0. The van der Waals surface area contributed by atoms with Crippen LogP contribution in [0.3, 0.4) is 0 Å². The van der Waals surface area contributed by atoms with Crippen LogP contribution >= 0.6 is 0 Å². The molecule has 0 N–H and O–H groups in total. The van der Waals surface area contributed by atoms with Crippen molar-refractivity contribution in [2.24, 2.45) is 0 Å². The highest BCUT2D eigenvalue weighted by molar-refractivity contribution is 6.30. The molecule has 0 unspecified atom stereocenters. The molecule has 0 aliphatic rings. The number of para-hydroxylation sites is 3. The summed E-state index contributed by atoms with van der Waals surface area (Å²) < 4.78 is 236. The van der Waals surface area contributed by atoms with Crippen LogP contribution in [-0.2, 0) is 0 Å². The number of hydrogen-bond acceptors (Lipinski definition) is 3. The topological polar surface area (TPSA) is 39.4 Å². The van der Waals surface area contributed by atoms with Crippen LogP contribution in [-0.4, -0.2) is 0 Å². The highest BCUT2D eigenvalue weighted by Crippen LogP contribution is 2.53. The van der Waals surface area contributed by atoms with Gasteiger partial charge in [-0.3, -0.25) is 0 Å². The number of hydrogen-bond donors (Lipinski definition) is 0. The molecule has 3 heterocycles. The van der Waals surface area contributed by atoms with Crippen LogP contribution in [0.5, 0.6) is 0 Å². The van der Waals surface area contributed by atoms with Crippen LogP contribution < -0.4 is 0 Å². The molecule has 0 radical (unpaired) electrons. The van der Waals surface area contributed by atoms with Crippen LogP contribution in [0, 0.1) is 0 Å². The van der Waals surface area contributed by atoms with E-state index in [1.165, 1.54) is 0 Å². The van der Waals surface area contributed by atoms with Gasteiger partial charge in [-0.15, -0.1) is 0 Å². The van der Waals surface area contributed by atoms with E-state index < -0.39 is 72.5 Å². The molecule has 0 aliphatic heterocycles. The Morgan fingerprint density at radius 1 is 0.135 bits per heavy atom. The van der Waals surface area contributed by atoms with Gasteiger partial charge in [-0.05, 0) is 262 Å². The zero-order chi connectivity index (χ0) is 108. The Morgan fingerprint density at radius 2 is 0.398 bits per heavy atom. The van der Waals surface area contributed by atoms with Gasteiger partial charge in [0.1, 0.15) is 33.5 Å². The third kappa shape index (κ3) is 12.9. The minimum absolute atomic E-state index is 0.168. The van der Waals surface area contributed by atoms with Crippen molar-refractivity contribution >= 4 is 174 Å². The summed E-state index contributed by atoms with van der Waals surface area (Å²) in [4.78, 5) is 0. The molecule has 3 aromatic heterocycles. The van der Waals surface area contributed by atoms with E-state index in [0.29, 0.717) is 116 Å². The average Bonchev–Trinajstić information content (AvgIpc) is 1.48. The number of rotatable bonds is 9. The quantitative estimate of drug-likeness (QED) is 0.107. The molecular formula is C130H80O3. The van der Waals surface area contributed by atoms with Crippen molar-refractivity contribution in [3.8, 4) is 100 Å². The van der Waals surface area contributed by atoms with Gasteiger partial charge < -0.3 is 13.3 Å². The van der Waals surface area contributed by atoms with Crippen LogP contribution in [0.2, 0.25) is 0 Å². The second kappa shape index (κ2) is 31.8. The van der Waals surface area contributed by atoms with Crippen LogP contribution in [0.25, 0.3) is 274 Å². The lowest BCUT2D eigenvalue weighted by molar-refractivity contribution is 0.668. The van der Waals surface area contributed by atoms with Gasteiger partial charge in [0.2, 0.25) is 0 Å². The first-order valence-electron chi connectivity index (χ1n) is 55.8. The van der Waals surface area contributed by atoms with E-state index in [0.717, 1.165) is 92.6 Å². The monoisotopic (exact) mass is 1710 g/mol. The molecule has 133 heavy (non-hydrogen) atoms. The third-order valence-corrected chi connectivity index (χ3v) is 25.9. The molecule has 3 nitrogen and oxygen atoms in total. The zero-order valence-electron chi connectivity index (χ0n) is 94.6. The summed E-state index contributed by atoms with van der Waals surface area (Å²) in [6, 6.07) is 100. The molecular weight excluding hydrogens is 1610 g/mol. The van der Waals surface area contributed by atoms with E-state index >= 15 is 0 Å². The third-order valence-electron chi connectivity index (χ3n) is 25.9. The summed E-state index contributed by atoms with van der Waals surface area (Å²) in [5.41, 5.74) is 14.3. The fourth-order valence-electron chi connectivity index (χ4n) is 20.0. The number of furan rings is 3. The summed E-state index contributed by atoms with van der Waals surface area (Å²) in [5, 5.41) is 15.3. The van der Waals surface area contributed by atoms with Crippen molar-refractivity contribution in [3.05, 3.63) is 485 Å². The normalized spacial score (nSPS) is 14.3. The molecule has 0 fully saturated rings. The molecule has 0 saturated heterocycles. The lowest BCUT2D eigenvalue weighted by atomic mass is 9.84. The van der Waals surface area contributed by atoms with Gasteiger partial charge in [0.05, 0.1) is 32.9 Å². The Hall–Kier alpha value is -17.5. The minimum atomic E-state index is -0.437. The predicted molar refractivity (Wildman–Crippen MR) is 565 cm³/mol. The van der Waals surface area contributed by atoms with Gasteiger partial charge in [-0.1, -0.05) is 430 Å². The highest BCUT2D eigenvalue weighted by Gasteiger charge is 2.26. The van der Waals surface area contributed by atoms with Gasteiger partial charge >= 0.3 is 0 Å². The van der Waals surface area contributed by atoms with Gasteiger partial charge in [0.25, 0.3) is 0 Å². The fraction of sp³-hybridized carbons (Fsp3) is 0. The van der Waals surface area contributed by atoms with Crippen molar-refractivity contribution in [3.63, 3.8) is 0 Å². The summed E-state index contributed by atoms with van der Waals surface area (Å²) >= 11 is 0.